The maximum absolute atomic E-state index is 13.1. The minimum atomic E-state index is -0.332. The van der Waals surface area contributed by atoms with E-state index >= 15 is 0 Å². The number of anilines is 1. The first-order valence-electron chi connectivity index (χ1n) is 11.1. The highest BCUT2D eigenvalue weighted by molar-refractivity contribution is 6.05. The Morgan fingerprint density at radius 3 is 2.31 bits per heavy atom. The molecule has 0 aliphatic rings. The van der Waals surface area contributed by atoms with Gasteiger partial charge in [0.05, 0.1) is 32.8 Å². The minimum absolute atomic E-state index is 0.332. The van der Waals surface area contributed by atoms with Crippen molar-refractivity contribution < 1.29 is 23.7 Å². The van der Waals surface area contributed by atoms with Crippen molar-refractivity contribution in [3.8, 4) is 23.0 Å². The molecule has 3 aromatic carbocycles. The van der Waals surface area contributed by atoms with Gasteiger partial charge in [-0.05, 0) is 29.8 Å². The van der Waals surface area contributed by atoms with Crippen molar-refractivity contribution in [3.63, 3.8) is 0 Å². The molecule has 0 bridgehead atoms. The summed E-state index contributed by atoms with van der Waals surface area (Å²) in [7, 11) is 3.05. The molecule has 0 spiro atoms. The Kier molecular flexibility index (Phi) is 7.85. The van der Waals surface area contributed by atoms with E-state index in [-0.39, 0.29) is 5.91 Å². The summed E-state index contributed by atoms with van der Waals surface area (Å²) in [5.74, 6) is 1.47. The number of rotatable bonds is 11. The van der Waals surface area contributed by atoms with E-state index in [4.69, 9.17) is 18.9 Å². The van der Waals surface area contributed by atoms with Crippen LogP contribution in [0.4, 0.5) is 5.69 Å². The number of aromatic nitrogens is 2. The summed E-state index contributed by atoms with van der Waals surface area (Å²) < 4.78 is 24.8. The SMILES string of the molecule is COc1cc(C(=O)Nc2ccccc2OCCn2ccnc2)cc(OC)c1OCc1ccccc1. The molecule has 0 saturated heterocycles. The molecular formula is C27H27N3O5. The summed E-state index contributed by atoms with van der Waals surface area (Å²) in [5.41, 5.74) is 1.92. The van der Waals surface area contributed by atoms with Crippen LogP contribution in [-0.2, 0) is 13.2 Å². The summed E-state index contributed by atoms with van der Waals surface area (Å²) in [6, 6.07) is 20.3. The van der Waals surface area contributed by atoms with Gasteiger partial charge in [0.1, 0.15) is 19.0 Å². The number of nitrogens with zero attached hydrogens (tertiary/aromatic N) is 2. The van der Waals surface area contributed by atoms with Crippen LogP contribution in [-0.4, -0.2) is 36.3 Å². The van der Waals surface area contributed by atoms with Gasteiger partial charge in [0.25, 0.3) is 5.91 Å². The number of imidazole rings is 1. The van der Waals surface area contributed by atoms with E-state index in [1.54, 1.807) is 30.7 Å². The van der Waals surface area contributed by atoms with E-state index in [1.807, 2.05) is 59.3 Å². The first-order chi connectivity index (χ1) is 17.2. The third-order valence-corrected chi connectivity index (χ3v) is 5.25. The lowest BCUT2D eigenvalue weighted by Crippen LogP contribution is -2.14. The molecule has 4 rings (SSSR count). The highest BCUT2D eigenvalue weighted by atomic mass is 16.5. The Hall–Kier alpha value is -4.46. The van der Waals surface area contributed by atoms with Crippen LogP contribution in [0.25, 0.3) is 0 Å². The number of para-hydroxylation sites is 2. The number of methoxy groups -OCH3 is 2. The van der Waals surface area contributed by atoms with Crippen molar-refractivity contribution in [2.45, 2.75) is 13.2 Å². The van der Waals surface area contributed by atoms with Crippen LogP contribution in [0.5, 0.6) is 23.0 Å². The van der Waals surface area contributed by atoms with Gasteiger partial charge in [-0.15, -0.1) is 0 Å². The van der Waals surface area contributed by atoms with Gasteiger partial charge in [-0.1, -0.05) is 42.5 Å². The van der Waals surface area contributed by atoms with Crippen LogP contribution in [0.3, 0.4) is 0 Å². The zero-order valence-corrected chi connectivity index (χ0v) is 19.6. The van der Waals surface area contributed by atoms with Gasteiger partial charge in [0, 0.05) is 18.0 Å². The zero-order valence-electron chi connectivity index (χ0n) is 19.6. The molecule has 0 fully saturated rings. The smallest absolute Gasteiger partial charge is 0.256 e. The Morgan fingerprint density at radius 1 is 0.914 bits per heavy atom. The lowest BCUT2D eigenvalue weighted by molar-refractivity contribution is 0.102. The van der Waals surface area contributed by atoms with Gasteiger partial charge in [0.15, 0.2) is 11.5 Å². The number of hydrogen-bond donors (Lipinski definition) is 1. The number of carbonyl (C=O) groups is 1. The predicted molar refractivity (Wildman–Crippen MR) is 132 cm³/mol. The van der Waals surface area contributed by atoms with E-state index in [9.17, 15) is 4.79 Å². The van der Waals surface area contributed by atoms with Crippen LogP contribution in [0.2, 0.25) is 0 Å². The van der Waals surface area contributed by atoms with Crippen LogP contribution < -0.4 is 24.3 Å². The highest BCUT2D eigenvalue weighted by Gasteiger charge is 2.19. The molecule has 0 aliphatic heterocycles. The largest absolute Gasteiger partial charge is 0.493 e. The van der Waals surface area contributed by atoms with E-state index < -0.39 is 0 Å². The fraction of sp³-hybridized carbons (Fsp3) is 0.185. The van der Waals surface area contributed by atoms with Crippen LogP contribution >= 0.6 is 0 Å². The third kappa shape index (κ3) is 6.11. The van der Waals surface area contributed by atoms with Gasteiger partial charge >= 0.3 is 0 Å². The minimum Gasteiger partial charge on any atom is -0.493 e. The zero-order chi connectivity index (χ0) is 24.5. The lowest BCUT2D eigenvalue weighted by Gasteiger charge is -2.17. The molecule has 1 heterocycles. The molecule has 0 aliphatic carbocycles. The Morgan fingerprint density at radius 2 is 1.63 bits per heavy atom. The van der Waals surface area contributed by atoms with Crippen molar-refractivity contribution in [2.24, 2.45) is 0 Å². The first kappa shape index (κ1) is 23.7. The van der Waals surface area contributed by atoms with Gasteiger partial charge in [-0.25, -0.2) is 4.98 Å². The van der Waals surface area contributed by atoms with E-state index in [0.29, 0.717) is 54.0 Å². The number of benzene rings is 3. The number of nitrogens with one attached hydrogen (secondary N) is 1. The van der Waals surface area contributed by atoms with Crippen LogP contribution in [0, 0.1) is 0 Å². The van der Waals surface area contributed by atoms with Gasteiger partial charge in [0.2, 0.25) is 5.75 Å². The van der Waals surface area contributed by atoms with E-state index in [0.717, 1.165) is 5.56 Å². The molecule has 180 valence electrons. The van der Waals surface area contributed by atoms with Crippen molar-refractivity contribution in [3.05, 3.63) is 96.6 Å². The number of hydrogen-bond acceptors (Lipinski definition) is 6. The highest BCUT2D eigenvalue weighted by Crippen LogP contribution is 2.39. The molecule has 1 amide bonds. The summed E-state index contributed by atoms with van der Waals surface area (Å²) >= 11 is 0. The fourth-order valence-electron chi connectivity index (χ4n) is 3.45. The second-order valence-corrected chi connectivity index (χ2v) is 7.58. The molecule has 8 heteroatoms. The average Bonchev–Trinajstić information content (AvgIpc) is 3.42. The van der Waals surface area contributed by atoms with Crippen molar-refractivity contribution in [1.82, 2.24) is 9.55 Å². The lowest BCUT2D eigenvalue weighted by atomic mass is 10.1. The van der Waals surface area contributed by atoms with Crippen molar-refractivity contribution >= 4 is 11.6 Å². The van der Waals surface area contributed by atoms with Crippen LogP contribution in [0.1, 0.15) is 15.9 Å². The average molecular weight is 474 g/mol. The molecule has 1 N–H and O–H groups in total. The number of carbonyl (C=O) groups excluding carboxylic acids is 1. The second-order valence-electron chi connectivity index (χ2n) is 7.58. The van der Waals surface area contributed by atoms with Gasteiger partial charge in [-0.3, -0.25) is 4.79 Å². The van der Waals surface area contributed by atoms with Gasteiger partial charge < -0.3 is 28.8 Å². The van der Waals surface area contributed by atoms with Crippen molar-refractivity contribution in [2.75, 3.05) is 26.1 Å². The normalized spacial score (nSPS) is 10.5. The number of amides is 1. The molecule has 4 aromatic rings. The fourth-order valence-corrected chi connectivity index (χ4v) is 3.45. The topological polar surface area (TPSA) is 83.8 Å². The number of ether oxygens (including phenoxy) is 4. The van der Waals surface area contributed by atoms with Crippen LogP contribution in [0.15, 0.2) is 85.5 Å². The standard InChI is InChI=1S/C27H27N3O5/c1-32-24-16-21(17-25(33-2)26(24)35-18-20-8-4-3-5-9-20)27(31)29-22-10-6-7-11-23(22)34-15-14-30-13-12-28-19-30/h3-13,16-17,19H,14-15,18H2,1-2H3,(H,29,31). The summed E-state index contributed by atoms with van der Waals surface area (Å²) in [5, 5.41) is 2.92. The molecule has 35 heavy (non-hydrogen) atoms. The molecular weight excluding hydrogens is 446 g/mol. The molecule has 0 atom stereocenters. The molecule has 1 aromatic heterocycles. The maximum Gasteiger partial charge on any atom is 0.256 e. The molecule has 0 unspecified atom stereocenters. The third-order valence-electron chi connectivity index (χ3n) is 5.25. The van der Waals surface area contributed by atoms with E-state index in [1.165, 1.54) is 14.2 Å². The second kappa shape index (κ2) is 11.6. The summed E-state index contributed by atoms with van der Waals surface area (Å²) in [6.45, 7) is 1.41. The molecule has 8 nitrogen and oxygen atoms in total. The monoisotopic (exact) mass is 473 g/mol. The Balaban J connectivity index is 1.48. The molecule has 0 radical (unpaired) electrons. The quantitative estimate of drug-likeness (QED) is 0.337. The Labute approximate surface area is 204 Å². The summed E-state index contributed by atoms with van der Waals surface area (Å²) in [6.07, 6.45) is 5.31. The van der Waals surface area contributed by atoms with E-state index in [2.05, 4.69) is 10.3 Å². The summed E-state index contributed by atoms with van der Waals surface area (Å²) in [4.78, 5) is 17.1. The van der Waals surface area contributed by atoms with Crippen molar-refractivity contribution in [1.29, 1.82) is 0 Å². The van der Waals surface area contributed by atoms with Gasteiger partial charge in [-0.2, -0.15) is 0 Å². The Bertz CT molecular complexity index is 1220. The predicted octanol–water partition coefficient (Wildman–Crippen LogP) is 4.81. The maximum atomic E-state index is 13.1. The first-order valence-corrected chi connectivity index (χ1v) is 11.1. The molecule has 0 saturated carbocycles.